The number of methoxy groups -OCH3 is 1. The number of nitrogens with zero attached hydrogens (tertiary/aromatic N) is 4. The van der Waals surface area contributed by atoms with Gasteiger partial charge in [0.05, 0.1) is 41.7 Å². The van der Waals surface area contributed by atoms with Gasteiger partial charge < -0.3 is 24.9 Å². The van der Waals surface area contributed by atoms with Crippen molar-refractivity contribution in [1.82, 2.24) is 19.3 Å². The first-order chi connectivity index (χ1) is 22.1. The lowest BCUT2D eigenvalue weighted by Crippen LogP contribution is -2.20. The molecule has 0 radical (unpaired) electrons. The van der Waals surface area contributed by atoms with Crippen LogP contribution in [0.4, 0.5) is 5.95 Å². The Balaban J connectivity index is 1.28. The summed E-state index contributed by atoms with van der Waals surface area (Å²) in [5.41, 5.74) is 8.20. The smallest absolute Gasteiger partial charge is 0.303 e. The number of amides is 2. The number of ketones is 1. The van der Waals surface area contributed by atoms with Gasteiger partial charge in [-0.05, 0) is 68.5 Å². The van der Waals surface area contributed by atoms with Crippen molar-refractivity contribution in [2.45, 2.75) is 52.6 Å². The van der Waals surface area contributed by atoms with E-state index in [0.29, 0.717) is 71.6 Å². The van der Waals surface area contributed by atoms with Gasteiger partial charge in [0.2, 0.25) is 11.9 Å². The van der Waals surface area contributed by atoms with Gasteiger partial charge in [-0.15, -0.1) is 11.3 Å². The van der Waals surface area contributed by atoms with Gasteiger partial charge in [0, 0.05) is 35.8 Å². The SMILES string of the molecule is CCn1nc(C)cc1C(=O)Nc1nc2cc(C(N)=O)ccc2n1CCCCOc1cc2cc(C(=O)CCC(=O)O)sc2cc1OC. The number of anilines is 1. The average molecular weight is 647 g/mol. The molecule has 0 saturated carbocycles. The number of carboxylic acid groups (broad SMARTS) is 1. The molecule has 3 aromatic heterocycles. The van der Waals surface area contributed by atoms with E-state index in [-0.39, 0.29) is 24.5 Å². The third-order valence-corrected chi connectivity index (χ3v) is 8.51. The molecule has 5 aromatic rings. The number of Topliss-reactive ketones (excluding diaryl/α,β-unsaturated/α-hetero) is 1. The highest BCUT2D eigenvalue weighted by Crippen LogP contribution is 2.37. The van der Waals surface area contributed by atoms with Crippen molar-refractivity contribution in [1.29, 1.82) is 0 Å². The van der Waals surface area contributed by atoms with Gasteiger partial charge in [-0.1, -0.05) is 0 Å². The largest absolute Gasteiger partial charge is 0.493 e. The lowest BCUT2D eigenvalue weighted by molar-refractivity contribution is -0.136. The lowest BCUT2D eigenvalue weighted by atomic mass is 10.1. The highest BCUT2D eigenvalue weighted by molar-refractivity contribution is 7.20. The first kappa shape index (κ1) is 32.2. The number of ether oxygens (including phenoxy) is 2. The van der Waals surface area contributed by atoms with Crippen molar-refractivity contribution in [3.05, 3.63) is 64.3 Å². The predicted octanol–water partition coefficient (Wildman–Crippen LogP) is 5.04. The molecule has 14 heteroatoms. The second-order valence-electron chi connectivity index (χ2n) is 10.6. The van der Waals surface area contributed by atoms with Gasteiger partial charge in [0.15, 0.2) is 17.3 Å². The second kappa shape index (κ2) is 13.8. The number of aromatic nitrogens is 4. The third-order valence-electron chi connectivity index (χ3n) is 7.37. The molecule has 5 rings (SSSR count). The molecule has 2 amide bonds. The maximum atomic E-state index is 13.2. The number of thiophene rings is 1. The summed E-state index contributed by atoms with van der Waals surface area (Å²) in [4.78, 5) is 53.4. The monoisotopic (exact) mass is 646 g/mol. The number of carboxylic acids is 1. The number of aliphatic carboxylic acids is 1. The summed E-state index contributed by atoms with van der Waals surface area (Å²) in [5, 5.41) is 17.0. The van der Waals surface area contributed by atoms with E-state index in [9.17, 15) is 19.2 Å². The van der Waals surface area contributed by atoms with Gasteiger partial charge in [0.1, 0.15) is 5.69 Å². The number of carbonyl (C=O) groups excluding carboxylic acids is 3. The summed E-state index contributed by atoms with van der Waals surface area (Å²) in [5.74, 6) is -0.761. The molecule has 2 aromatic carbocycles. The number of unbranched alkanes of at least 4 members (excludes halogenated alkanes) is 1. The molecule has 240 valence electrons. The molecule has 0 unspecified atom stereocenters. The Morgan fingerprint density at radius 3 is 2.57 bits per heavy atom. The van der Waals surface area contributed by atoms with E-state index in [1.807, 2.05) is 30.5 Å². The Bertz CT molecular complexity index is 1960. The number of hydrogen-bond acceptors (Lipinski definition) is 9. The molecule has 0 spiro atoms. The molecule has 4 N–H and O–H groups in total. The van der Waals surface area contributed by atoms with Crippen LogP contribution >= 0.6 is 11.3 Å². The molecule has 0 saturated heterocycles. The van der Waals surface area contributed by atoms with Gasteiger partial charge in [0.25, 0.3) is 5.91 Å². The average Bonchev–Trinajstić information content (AvgIpc) is 3.72. The topological polar surface area (TPSA) is 181 Å². The molecular weight excluding hydrogens is 612 g/mol. The molecule has 0 aliphatic carbocycles. The van der Waals surface area contributed by atoms with Crippen LogP contribution in [0.2, 0.25) is 0 Å². The minimum absolute atomic E-state index is 0.0598. The number of hydrogen-bond donors (Lipinski definition) is 3. The summed E-state index contributed by atoms with van der Waals surface area (Å²) in [7, 11) is 1.54. The summed E-state index contributed by atoms with van der Waals surface area (Å²) < 4.78 is 15.9. The Morgan fingerprint density at radius 2 is 1.85 bits per heavy atom. The number of benzene rings is 2. The van der Waals surface area contributed by atoms with Crippen LogP contribution in [-0.2, 0) is 17.9 Å². The standard InChI is InChI=1S/C32H34N6O7S/c1-4-38-23(13-18(2)36-38)31(43)35-32-34-21-14-19(30(33)42)7-8-22(21)37(32)11-5-6-12-45-26-15-20-16-28(24(39)9-10-29(40)41)46-27(20)17-25(26)44-3/h7-8,13-17H,4-6,9-12H2,1-3H3,(H2,33,42)(H,40,41)(H,34,35,43). The molecule has 0 bridgehead atoms. The first-order valence-electron chi connectivity index (χ1n) is 14.7. The van der Waals surface area contributed by atoms with Gasteiger partial charge in [-0.25, -0.2) is 4.98 Å². The zero-order valence-corrected chi connectivity index (χ0v) is 26.5. The molecule has 46 heavy (non-hydrogen) atoms. The Kier molecular flexibility index (Phi) is 9.66. The minimum Gasteiger partial charge on any atom is -0.493 e. The van der Waals surface area contributed by atoms with Gasteiger partial charge in [-0.2, -0.15) is 5.10 Å². The van der Waals surface area contributed by atoms with Crippen molar-refractivity contribution in [3.63, 3.8) is 0 Å². The zero-order valence-electron chi connectivity index (χ0n) is 25.7. The Hall–Kier alpha value is -5.24. The fourth-order valence-corrected chi connectivity index (χ4v) is 6.13. The number of nitrogens with one attached hydrogen (secondary N) is 1. The van der Waals surface area contributed by atoms with E-state index in [1.165, 1.54) is 11.3 Å². The van der Waals surface area contributed by atoms with E-state index in [2.05, 4.69) is 15.4 Å². The number of carbonyl (C=O) groups is 4. The van der Waals surface area contributed by atoms with Crippen LogP contribution in [-0.4, -0.2) is 61.7 Å². The molecule has 0 atom stereocenters. The van der Waals surface area contributed by atoms with E-state index in [0.717, 1.165) is 21.3 Å². The van der Waals surface area contributed by atoms with Crippen LogP contribution in [0.15, 0.2) is 42.5 Å². The second-order valence-corrected chi connectivity index (χ2v) is 11.7. The van der Waals surface area contributed by atoms with Crippen LogP contribution in [0.1, 0.15) is 68.8 Å². The van der Waals surface area contributed by atoms with E-state index < -0.39 is 11.9 Å². The zero-order chi connectivity index (χ0) is 33.0. The fourth-order valence-electron chi connectivity index (χ4n) is 5.09. The first-order valence-corrected chi connectivity index (χ1v) is 15.5. The minimum atomic E-state index is -1.01. The van der Waals surface area contributed by atoms with Crippen LogP contribution in [0, 0.1) is 6.92 Å². The Morgan fingerprint density at radius 1 is 1.04 bits per heavy atom. The Labute approximate surface area is 267 Å². The van der Waals surface area contributed by atoms with Gasteiger partial charge >= 0.3 is 5.97 Å². The summed E-state index contributed by atoms with van der Waals surface area (Å²) >= 11 is 1.29. The van der Waals surface area contributed by atoms with Crippen LogP contribution in [0.3, 0.4) is 0 Å². The summed E-state index contributed by atoms with van der Waals surface area (Å²) in [6.45, 7) is 5.13. The third kappa shape index (κ3) is 7.01. The number of nitrogens with two attached hydrogens (primary N) is 1. The van der Waals surface area contributed by atoms with Gasteiger partial charge in [-0.3, -0.25) is 29.2 Å². The van der Waals surface area contributed by atoms with Crippen LogP contribution in [0.5, 0.6) is 11.5 Å². The maximum Gasteiger partial charge on any atom is 0.303 e. The van der Waals surface area contributed by atoms with Crippen LogP contribution in [0.25, 0.3) is 21.1 Å². The maximum absolute atomic E-state index is 13.2. The number of rotatable bonds is 15. The summed E-state index contributed by atoms with van der Waals surface area (Å²) in [6.07, 6.45) is 1.04. The molecule has 0 aliphatic rings. The van der Waals surface area contributed by atoms with E-state index in [1.54, 1.807) is 42.1 Å². The number of aryl methyl sites for hydroxylation is 3. The molecule has 3 heterocycles. The fraction of sp³-hybridized carbons (Fsp3) is 0.312. The molecular formula is C32H34N6O7S. The van der Waals surface area contributed by atoms with E-state index >= 15 is 0 Å². The number of fused-ring (bicyclic) bond motifs is 2. The number of primary amides is 1. The van der Waals surface area contributed by atoms with Crippen molar-refractivity contribution in [2.75, 3.05) is 19.0 Å². The normalized spacial score (nSPS) is 11.2. The quantitative estimate of drug-likeness (QED) is 0.104. The highest BCUT2D eigenvalue weighted by atomic mass is 32.1. The predicted molar refractivity (Wildman–Crippen MR) is 173 cm³/mol. The van der Waals surface area contributed by atoms with Crippen molar-refractivity contribution in [2.24, 2.45) is 5.73 Å². The lowest BCUT2D eigenvalue weighted by Gasteiger charge is -2.13. The molecule has 0 fully saturated rings. The van der Waals surface area contributed by atoms with Crippen molar-refractivity contribution < 1.29 is 33.8 Å². The highest BCUT2D eigenvalue weighted by Gasteiger charge is 2.19. The number of imidazole rings is 1. The molecule has 13 nitrogen and oxygen atoms in total. The van der Waals surface area contributed by atoms with Crippen molar-refractivity contribution in [3.8, 4) is 11.5 Å². The summed E-state index contributed by atoms with van der Waals surface area (Å²) in [6, 6.07) is 12.1. The van der Waals surface area contributed by atoms with E-state index in [4.69, 9.17) is 20.3 Å². The van der Waals surface area contributed by atoms with Crippen LogP contribution < -0.4 is 20.5 Å². The molecule has 0 aliphatic heterocycles. The van der Waals surface area contributed by atoms with Crippen molar-refractivity contribution >= 4 is 62.0 Å².